The summed E-state index contributed by atoms with van der Waals surface area (Å²) in [6.07, 6.45) is 5.06. The van der Waals surface area contributed by atoms with E-state index < -0.39 is 0 Å². The summed E-state index contributed by atoms with van der Waals surface area (Å²) in [5, 5.41) is 2.90. The van der Waals surface area contributed by atoms with Crippen LogP contribution < -0.4 is 0 Å². The summed E-state index contributed by atoms with van der Waals surface area (Å²) < 4.78 is 39.0. The Morgan fingerprint density at radius 1 is 0.714 bits per heavy atom. The van der Waals surface area contributed by atoms with Crippen LogP contribution >= 0.6 is 92.2 Å². The van der Waals surface area contributed by atoms with Crippen molar-refractivity contribution in [3.63, 3.8) is 0 Å². The smallest absolute Gasteiger partial charge is 0.306 e. The number of esters is 1. The maximum absolute atomic E-state index is 12.3. The Kier molecular flexibility index (Phi) is 19.6. The van der Waals surface area contributed by atoms with E-state index in [2.05, 4.69) is 5.41 Å². The molecule has 0 aromatic carbocycles. The van der Waals surface area contributed by atoms with Crippen LogP contribution in [0.1, 0.15) is 32.1 Å². The molecule has 0 N–H and O–H groups in total. The van der Waals surface area contributed by atoms with E-state index in [0.717, 1.165) is 34.5 Å². The zero-order valence-electron chi connectivity index (χ0n) is 23.7. The van der Waals surface area contributed by atoms with E-state index in [-0.39, 0.29) is 5.97 Å². The lowest BCUT2D eigenvalue weighted by atomic mass is 10.1. The molecule has 7 nitrogen and oxygen atoms in total. The number of carbonyl (C=O) groups is 1. The minimum absolute atomic E-state index is 0.0838. The quantitative estimate of drug-likeness (QED) is 0.145. The zero-order valence-corrected chi connectivity index (χ0v) is 30.2. The Labute approximate surface area is 283 Å². The van der Waals surface area contributed by atoms with Crippen molar-refractivity contribution in [2.24, 2.45) is 0 Å². The molecule has 1 fully saturated rings. The fourth-order valence-corrected chi connectivity index (χ4v) is 15.0. The Morgan fingerprint density at radius 2 is 1.31 bits per heavy atom. The van der Waals surface area contributed by atoms with Gasteiger partial charge in [0, 0.05) is 33.8 Å². The zero-order chi connectivity index (χ0) is 29.1. The first-order chi connectivity index (χ1) is 20.8. The van der Waals surface area contributed by atoms with Crippen LogP contribution in [-0.4, -0.2) is 101 Å². The summed E-state index contributed by atoms with van der Waals surface area (Å²) in [7, 11) is 3.99. The fourth-order valence-electron chi connectivity index (χ4n) is 3.77. The molecule has 0 aliphatic carbocycles. The maximum Gasteiger partial charge on any atom is 0.306 e. The Hall–Kier alpha value is 1.29. The number of hydrogen-bond donors (Lipinski definition) is 0. The Balaban J connectivity index is 1.17. The monoisotopic (exact) mass is 732 g/mol. The van der Waals surface area contributed by atoms with E-state index in [1.54, 1.807) is 23.5 Å². The maximum atomic E-state index is 12.3. The third kappa shape index (κ3) is 14.8. The molecular weight excluding hydrogens is 693 g/mol. The summed E-state index contributed by atoms with van der Waals surface area (Å²) >= 11 is 10.9. The summed E-state index contributed by atoms with van der Waals surface area (Å²) in [4.78, 5) is 13.4. The van der Waals surface area contributed by atoms with Crippen molar-refractivity contribution in [3.8, 4) is 0 Å². The molecular formula is C27H40O7S8. The molecule has 0 bridgehead atoms. The number of thioether (sulfide) groups is 6. The molecule has 0 amide bonds. The number of carbonyl (C=O) groups excluding carboxylic acids is 1. The van der Waals surface area contributed by atoms with Gasteiger partial charge in [-0.3, -0.25) is 4.79 Å². The molecule has 0 aromatic rings. The van der Waals surface area contributed by atoms with Crippen molar-refractivity contribution in [2.45, 2.75) is 37.4 Å². The van der Waals surface area contributed by atoms with E-state index in [9.17, 15) is 4.79 Å². The van der Waals surface area contributed by atoms with E-state index in [1.165, 1.54) is 35.5 Å². The van der Waals surface area contributed by atoms with Crippen molar-refractivity contribution in [1.29, 1.82) is 0 Å². The van der Waals surface area contributed by atoms with Gasteiger partial charge in [-0.05, 0) is 24.7 Å². The number of hydrogen-bond acceptors (Lipinski definition) is 15. The highest BCUT2D eigenvalue weighted by atomic mass is 33.1. The predicted octanol–water partition coefficient (Wildman–Crippen LogP) is 7.86. The molecule has 4 rings (SSSR count). The first kappa shape index (κ1) is 36.1. The highest BCUT2D eigenvalue weighted by Crippen LogP contribution is 2.62. The molecule has 0 saturated carbocycles. The molecule has 0 spiro atoms. The van der Waals surface area contributed by atoms with E-state index in [4.69, 9.17) is 28.4 Å². The van der Waals surface area contributed by atoms with Gasteiger partial charge in [-0.25, -0.2) is 0 Å². The molecule has 4 heterocycles. The van der Waals surface area contributed by atoms with Gasteiger partial charge in [0.05, 0.1) is 83.0 Å². The summed E-state index contributed by atoms with van der Waals surface area (Å²) in [6.45, 7) is 6.31. The van der Waals surface area contributed by atoms with Crippen LogP contribution in [0.2, 0.25) is 0 Å². The number of rotatable bonds is 7. The molecule has 238 valence electrons. The van der Waals surface area contributed by atoms with Gasteiger partial charge in [0.1, 0.15) is 6.61 Å². The average molecular weight is 733 g/mol. The largest absolute Gasteiger partial charge is 0.460 e. The molecule has 0 radical (unpaired) electrons. The van der Waals surface area contributed by atoms with Gasteiger partial charge >= 0.3 is 5.97 Å². The number of ether oxygens (including phenoxy) is 6. The molecule has 0 aromatic heterocycles. The first-order valence-electron chi connectivity index (χ1n) is 14.2. The predicted molar refractivity (Wildman–Crippen MR) is 189 cm³/mol. The number of unbranched alkanes of at least 4 members (excludes halogenated alkanes) is 1. The van der Waals surface area contributed by atoms with Crippen LogP contribution in [0.3, 0.4) is 0 Å². The third-order valence-electron chi connectivity index (χ3n) is 5.89. The first-order valence-corrected chi connectivity index (χ1v) is 21.9. The van der Waals surface area contributed by atoms with Gasteiger partial charge < -0.3 is 28.4 Å². The Bertz CT molecular complexity index is 877. The minimum Gasteiger partial charge on any atom is -0.460 e. The van der Waals surface area contributed by atoms with Crippen molar-refractivity contribution >= 4 is 98.1 Å². The second-order valence-electron chi connectivity index (χ2n) is 9.15. The van der Waals surface area contributed by atoms with Crippen LogP contribution in [0.4, 0.5) is 0 Å². The summed E-state index contributed by atoms with van der Waals surface area (Å²) in [5.41, 5.74) is 0. The fraction of sp³-hybridized carbons (Fsp3) is 0.741. The van der Waals surface area contributed by atoms with Crippen LogP contribution in [-0.2, 0) is 33.2 Å². The van der Waals surface area contributed by atoms with Crippen molar-refractivity contribution < 1.29 is 33.2 Å². The third-order valence-corrected chi connectivity index (χ3v) is 17.3. The van der Waals surface area contributed by atoms with Gasteiger partial charge in [0.2, 0.25) is 0 Å². The lowest BCUT2D eigenvalue weighted by molar-refractivity contribution is -0.142. The minimum atomic E-state index is -0.0838. The van der Waals surface area contributed by atoms with E-state index in [0.29, 0.717) is 79.1 Å². The van der Waals surface area contributed by atoms with Gasteiger partial charge in [-0.1, -0.05) is 75.1 Å². The lowest BCUT2D eigenvalue weighted by Gasteiger charge is -2.08. The highest BCUT2D eigenvalue weighted by molar-refractivity contribution is 8.77. The highest BCUT2D eigenvalue weighted by Gasteiger charge is 2.28. The lowest BCUT2D eigenvalue weighted by Crippen LogP contribution is -2.13. The Morgan fingerprint density at radius 3 is 1.88 bits per heavy atom. The van der Waals surface area contributed by atoms with Gasteiger partial charge in [-0.15, -0.1) is 23.5 Å². The van der Waals surface area contributed by atoms with Crippen molar-refractivity contribution in [2.75, 3.05) is 89.9 Å². The van der Waals surface area contributed by atoms with Crippen LogP contribution in [0.25, 0.3) is 0 Å². The topological polar surface area (TPSA) is 72.5 Å². The standard InChI is InChI=1S/C27H40O7S8/c28-23(4-2-1-3-21-5-16-38-42-21)34-19-22-20-37-26(39-22)27-40-24-25(41-27)36-18-15-33-13-11-31-9-7-29-6-8-30-10-12-32-14-17-35-24/h20-21H,1-19H2. The molecule has 42 heavy (non-hydrogen) atoms. The van der Waals surface area contributed by atoms with Crippen molar-refractivity contribution in [3.05, 3.63) is 27.3 Å². The van der Waals surface area contributed by atoms with Crippen LogP contribution in [0, 0.1) is 0 Å². The second kappa shape index (κ2) is 22.8. The second-order valence-corrected chi connectivity index (χ2v) is 19.2. The van der Waals surface area contributed by atoms with E-state index >= 15 is 0 Å². The molecule has 1 unspecified atom stereocenters. The summed E-state index contributed by atoms with van der Waals surface area (Å²) in [5.74, 6) is 2.97. The van der Waals surface area contributed by atoms with Gasteiger partial charge in [-0.2, -0.15) is 0 Å². The van der Waals surface area contributed by atoms with Gasteiger partial charge in [0.15, 0.2) is 0 Å². The molecule has 1 atom stereocenters. The molecule has 1 saturated heterocycles. The summed E-state index contributed by atoms with van der Waals surface area (Å²) in [6, 6.07) is 0. The van der Waals surface area contributed by atoms with Crippen LogP contribution in [0.5, 0.6) is 0 Å². The molecule has 4 aliphatic rings. The van der Waals surface area contributed by atoms with Gasteiger partial charge in [0.25, 0.3) is 0 Å². The SMILES string of the molecule is O=C(CCCCC1CCSS1)OCC1=CSC(=C2SC3=C(SCCOCCOCCOCCOCCOCCS3)S2)S1. The van der Waals surface area contributed by atoms with E-state index in [1.807, 2.05) is 68.6 Å². The average Bonchev–Trinajstić information content (AvgIpc) is 3.77. The molecule has 4 aliphatic heterocycles. The molecule has 15 heteroatoms. The normalized spacial score (nSPS) is 24.8. The van der Waals surface area contributed by atoms with Crippen molar-refractivity contribution in [1.82, 2.24) is 0 Å². The van der Waals surface area contributed by atoms with Crippen LogP contribution in [0.15, 0.2) is 27.3 Å².